The molecule has 2 aromatic carbocycles. The zero-order valence-corrected chi connectivity index (χ0v) is 22.0. The van der Waals surface area contributed by atoms with Crippen LogP contribution < -0.4 is 14.2 Å². The van der Waals surface area contributed by atoms with Crippen LogP contribution in [0, 0.1) is 11.7 Å². The fraction of sp³-hybridized carbons (Fsp3) is 0.367. The van der Waals surface area contributed by atoms with E-state index in [9.17, 15) is 9.50 Å². The van der Waals surface area contributed by atoms with Crippen LogP contribution in [0.1, 0.15) is 42.5 Å². The van der Waals surface area contributed by atoms with Gasteiger partial charge in [0.25, 0.3) is 0 Å². The molecule has 1 fully saturated rings. The first-order valence-corrected chi connectivity index (χ1v) is 13.2. The fourth-order valence-electron chi connectivity index (χ4n) is 5.00. The monoisotopic (exact) mass is 539 g/mol. The zero-order chi connectivity index (χ0) is 26.7. The van der Waals surface area contributed by atoms with Crippen molar-refractivity contribution in [2.24, 2.45) is 5.92 Å². The molecule has 5 rings (SSSR count). The second-order valence-electron chi connectivity index (χ2n) is 9.73. The number of benzene rings is 2. The smallest absolute Gasteiger partial charge is 0.161 e. The number of aromatic nitrogens is 1. The molecule has 2 N–H and O–H groups in total. The van der Waals surface area contributed by atoms with Crippen molar-refractivity contribution in [3.8, 4) is 28.5 Å². The average molecular weight is 540 g/mol. The van der Waals surface area contributed by atoms with Gasteiger partial charge in [-0.05, 0) is 86.1 Å². The van der Waals surface area contributed by atoms with Crippen molar-refractivity contribution in [1.29, 1.82) is 0 Å². The molecular formula is C30H31ClFNO5. The van der Waals surface area contributed by atoms with Gasteiger partial charge in [-0.3, -0.25) is 0 Å². The summed E-state index contributed by atoms with van der Waals surface area (Å²) in [5.41, 5.74) is 2.57. The Labute approximate surface area is 226 Å². The molecule has 0 amide bonds. The van der Waals surface area contributed by atoms with Crippen molar-refractivity contribution in [3.63, 3.8) is 0 Å². The molecule has 1 aliphatic heterocycles. The van der Waals surface area contributed by atoms with Crippen LogP contribution in [0.15, 0.2) is 48.5 Å². The normalized spacial score (nSPS) is 15.9. The van der Waals surface area contributed by atoms with E-state index in [1.54, 1.807) is 19.2 Å². The van der Waals surface area contributed by atoms with E-state index in [0.29, 0.717) is 47.2 Å². The third-order valence-electron chi connectivity index (χ3n) is 7.11. The minimum Gasteiger partial charge on any atom is -0.493 e. The van der Waals surface area contributed by atoms with Gasteiger partial charge in [0.05, 0.1) is 24.4 Å². The van der Waals surface area contributed by atoms with Crippen LogP contribution in [0.2, 0.25) is 5.02 Å². The van der Waals surface area contributed by atoms with Crippen molar-refractivity contribution in [2.45, 2.75) is 37.7 Å². The van der Waals surface area contributed by atoms with Crippen molar-refractivity contribution in [3.05, 3.63) is 76.2 Å². The number of aryl methyl sites for hydroxylation is 1. The summed E-state index contributed by atoms with van der Waals surface area (Å²) in [5, 5.41) is 21.1. The summed E-state index contributed by atoms with van der Waals surface area (Å²) >= 11 is 6.09. The van der Waals surface area contributed by atoms with Gasteiger partial charge in [0.2, 0.25) is 0 Å². The van der Waals surface area contributed by atoms with Crippen LogP contribution in [0.25, 0.3) is 17.3 Å². The molecule has 1 aliphatic carbocycles. The molecule has 2 heterocycles. The SMILES string of the molecule is COc1cc(CCCC(O)(c2cc3c(c(-c4ccc(F)c(Cl)c4)n2)OCC=C3)C2CC2)ccc1OCCO. The standard InChI is InChI=1S/C30H31ClFNO5/c1-36-26-16-19(6-11-25(26)37-15-13-34)4-2-12-30(35,22-8-9-22)27-18-21-5-3-14-38-29(21)28(33-27)20-7-10-24(32)23(31)17-20/h3,5-7,10-11,16-18,22,34-35H,2,4,8-9,12-15H2,1H3. The Balaban J connectivity index is 1.41. The van der Waals surface area contributed by atoms with Gasteiger partial charge in [-0.1, -0.05) is 23.7 Å². The van der Waals surface area contributed by atoms with Crippen LogP contribution in [-0.2, 0) is 12.0 Å². The average Bonchev–Trinajstić information content (AvgIpc) is 3.79. The van der Waals surface area contributed by atoms with Gasteiger partial charge in [0, 0.05) is 11.1 Å². The molecule has 0 radical (unpaired) electrons. The molecule has 8 heteroatoms. The molecule has 0 spiro atoms. The lowest BCUT2D eigenvalue weighted by Crippen LogP contribution is -2.30. The van der Waals surface area contributed by atoms with E-state index in [1.807, 2.05) is 36.4 Å². The van der Waals surface area contributed by atoms with Crippen LogP contribution in [0.5, 0.6) is 17.2 Å². The number of pyridine rings is 1. The van der Waals surface area contributed by atoms with E-state index < -0.39 is 11.4 Å². The van der Waals surface area contributed by atoms with E-state index >= 15 is 0 Å². The Hall–Kier alpha value is -3.13. The van der Waals surface area contributed by atoms with Crippen molar-refractivity contribution in [2.75, 3.05) is 26.9 Å². The summed E-state index contributed by atoms with van der Waals surface area (Å²) in [6, 6.07) is 12.1. The minimum absolute atomic E-state index is 0.00969. The second-order valence-corrected chi connectivity index (χ2v) is 10.1. The molecule has 0 saturated heterocycles. The Bertz CT molecular complexity index is 1340. The number of ether oxygens (including phenoxy) is 3. The van der Waals surface area contributed by atoms with Crippen molar-refractivity contribution in [1.82, 2.24) is 4.98 Å². The minimum atomic E-state index is -1.10. The fourth-order valence-corrected chi connectivity index (χ4v) is 5.18. The number of hydrogen-bond donors (Lipinski definition) is 2. The highest BCUT2D eigenvalue weighted by Crippen LogP contribution is 2.50. The molecule has 38 heavy (non-hydrogen) atoms. The lowest BCUT2D eigenvalue weighted by Gasteiger charge is -2.30. The van der Waals surface area contributed by atoms with Gasteiger partial charge in [0.15, 0.2) is 17.2 Å². The number of methoxy groups -OCH3 is 1. The van der Waals surface area contributed by atoms with Gasteiger partial charge >= 0.3 is 0 Å². The largest absolute Gasteiger partial charge is 0.493 e. The summed E-state index contributed by atoms with van der Waals surface area (Å²) in [7, 11) is 1.59. The van der Waals surface area contributed by atoms with E-state index in [1.165, 1.54) is 6.07 Å². The van der Waals surface area contributed by atoms with E-state index in [0.717, 1.165) is 36.8 Å². The van der Waals surface area contributed by atoms with Crippen LogP contribution >= 0.6 is 11.6 Å². The molecule has 0 bridgehead atoms. The highest BCUT2D eigenvalue weighted by molar-refractivity contribution is 6.31. The van der Waals surface area contributed by atoms with Crippen molar-refractivity contribution >= 4 is 17.7 Å². The number of nitrogens with zero attached hydrogens (tertiary/aromatic N) is 1. The maximum Gasteiger partial charge on any atom is 0.161 e. The van der Waals surface area contributed by atoms with Gasteiger partial charge in [0.1, 0.15) is 30.3 Å². The van der Waals surface area contributed by atoms with Gasteiger partial charge in [-0.2, -0.15) is 0 Å². The number of halogens is 2. The Morgan fingerprint density at radius 3 is 2.74 bits per heavy atom. The number of hydrogen-bond acceptors (Lipinski definition) is 6. The van der Waals surface area contributed by atoms with Crippen LogP contribution in [0.3, 0.4) is 0 Å². The lowest BCUT2D eigenvalue weighted by atomic mass is 9.85. The molecule has 2 aliphatic rings. The highest BCUT2D eigenvalue weighted by atomic mass is 35.5. The Morgan fingerprint density at radius 2 is 2.00 bits per heavy atom. The van der Waals surface area contributed by atoms with E-state index in [2.05, 4.69) is 0 Å². The molecule has 1 saturated carbocycles. The molecule has 1 atom stereocenters. The Morgan fingerprint density at radius 1 is 1.16 bits per heavy atom. The van der Waals surface area contributed by atoms with Crippen LogP contribution in [-0.4, -0.2) is 42.1 Å². The summed E-state index contributed by atoms with van der Waals surface area (Å²) in [6.45, 7) is 0.541. The molecule has 200 valence electrons. The number of fused-ring (bicyclic) bond motifs is 1. The second kappa shape index (κ2) is 11.3. The van der Waals surface area contributed by atoms with Crippen LogP contribution in [0.4, 0.5) is 4.39 Å². The summed E-state index contributed by atoms with van der Waals surface area (Å²) in [6.07, 6.45) is 7.76. The Kier molecular flexibility index (Phi) is 7.88. The summed E-state index contributed by atoms with van der Waals surface area (Å²) in [4.78, 5) is 4.91. The maximum absolute atomic E-state index is 13.9. The van der Waals surface area contributed by atoms with Gasteiger partial charge < -0.3 is 24.4 Å². The summed E-state index contributed by atoms with van der Waals surface area (Å²) < 4.78 is 30.8. The number of aliphatic hydroxyl groups is 2. The highest BCUT2D eigenvalue weighted by Gasteiger charge is 2.46. The third kappa shape index (κ3) is 5.51. The molecule has 3 aromatic rings. The van der Waals surface area contributed by atoms with E-state index in [4.69, 9.17) is 35.9 Å². The molecule has 1 aromatic heterocycles. The maximum atomic E-state index is 13.9. The topological polar surface area (TPSA) is 81.0 Å². The first-order chi connectivity index (χ1) is 18.4. The third-order valence-corrected chi connectivity index (χ3v) is 7.40. The van der Waals surface area contributed by atoms with Gasteiger partial charge in [-0.25, -0.2) is 9.37 Å². The van der Waals surface area contributed by atoms with E-state index in [-0.39, 0.29) is 24.2 Å². The molecule has 6 nitrogen and oxygen atoms in total. The first-order valence-electron chi connectivity index (χ1n) is 12.9. The molecular weight excluding hydrogens is 509 g/mol. The number of rotatable bonds is 11. The predicted molar refractivity (Wildman–Crippen MR) is 144 cm³/mol. The predicted octanol–water partition coefficient (Wildman–Crippen LogP) is 5.95. The zero-order valence-electron chi connectivity index (χ0n) is 21.3. The number of aliphatic hydroxyl groups excluding tert-OH is 1. The summed E-state index contributed by atoms with van der Waals surface area (Å²) in [5.74, 6) is 1.42. The quantitative estimate of drug-likeness (QED) is 0.313. The lowest BCUT2D eigenvalue weighted by molar-refractivity contribution is -0.00188. The molecule has 1 unspecified atom stereocenters. The van der Waals surface area contributed by atoms with Gasteiger partial charge in [-0.15, -0.1) is 0 Å². The van der Waals surface area contributed by atoms with Crippen molar-refractivity contribution < 1.29 is 28.8 Å². The first kappa shape index (κ1) is 26.5.